The maximum atomic E-state index is 5.84. The summed E-state index contributed by atoms with van der Waals surface area (Å²) in [7, 11) is 0. The van der Waals surface area contributed by atoms with Crippen LogP contribution in [0, 0.1) is 0 Å². The predicted molar refractivity (Wildman–Crippen MR) is 72.2 cm³/mol. The molecule has 0 aliphatic heterocycles. The van der Waals surface area contributed by atoms with Crippen LogP contribution in [0.15, 0.2) is 43.0 Å². The van der Waals surface area contributed by atoms with Crippen LogP contribution in [0.25, 0.3) is 16.8 Å². The Bertz CT molecular complexity index is 700. The molecule has 3 aromatic heterocycles. The number of nitrogen functional groups attached to an aromatic ring is 1. The SMILES string of the molecule is CCc1cc(-c2cccn3ccnc23)cnc1N. The Morgan fingerprint density at radius 1 is 1.28 bits per heavy atom. The molecule has 0 aliphatic rings. The largest absolute Gasteiger partial charge is 0.383 e. The van der Waals surface area contributed by atoms with E-state index in [-0.39, 0.29) is 0 Å². The van der Waals surface area contributed by atoms with Gasteiger partial charge in [-0.25, -0.2) is 9.97 Å². The van der Waals surface area contributed by atoms with Gasteiger partial charge in [-0.2, -0.15) is 0 Å². The van der Waals surface area contributed by atoms with E-state index in [2.05, 4.69) is 29.0 Å². The molecule has 0 atom stereocenters. The minimum atomic E-state index is 0.608. The Balaban J connectivity index is 2.23. The normalized spacial score (nSPS) is 10.9. The average molecular weight is 238 g/mol. The molecule has 0 unspecified atom stereocenters. The molecule has 0 fully saturated rings. The van der Waals surface area contributed by atoms with Crippen molar-refractivity contribution >= 4 is 11.5 Å². The molecule has 2 N–H and O–H groups in total. The van der Waals surface area contributed by atoms with Gasteiger partial charge in [0.25, 0.3) is 0 Å². The smallest absolute Gasteiger partial charge is 0.144 e. The number of pyridine rings is 2. The van der Waals surface area contributed by atoms with Crippen molar-refractivity contribution in [1.82, 2.24) is 14.4 Å². The molecule has 0 saturated heterocycles. The maximum Gasteiger partial charge on any atom is 0.144 e. The average Bonchev–Trinajstić information content (AvgIpc) is 2.87. The van der Waals surface area contributed by atoms with Gasteiger partial charge in [-0.15, -0.1) is 0 Å². The van der Waals surface area contributed by atoms with Gasteiger partial charge < -0.3 is 10.1 Å². The van der Waals surface area contributed by atoms with Crippen LogP contribution in [0.5, 0.6) is 0 Å². The standard InChI is InChI=1S/C14H14N4/c1-2-10-8-11(9-17-13(10)15)12-4-3-6-18-7-5-16-14(12)18/h3-9H,2H2,1H3,(H2,15,17). The molecular formula is C14H14N4. The molecule has 0 bridgehead atoms. The molecule has 3 heterocycles. The molecule has 18 heavy (non-hydrogen) atoms. The summed E-state index contributed by atoms with van der Waals surface area (Å²) in [5.74, 6) is 0.608. The number of nitrogens with two attached hydrogens (primary N) is 1. The van der Waals surface area contributed by atoms with E-state index in [1.54, 1.807) is 12.4 Å². The first-order valence-electron chi connectivity index (χ1n) is 5.96. The highest BCUT2D eigenvalue weighted by molar-refractivity contribution is 5.77. The van der Waals surface area contributed by atoms with Crippen LogP contribution in [-0.2, 0) is 6.42 Å². The minimum Gasteiger partial charge on any atom is -0.383 e. The van der Waals surface area contributed by atoms with Crippen LogP contribution >= 0.6 is 0 Å². The predicted octanol–water partition coefficient (Wildman–Crippen LogP) is 2.54. The second kappa shape index (κ2) is 4.14. The number of rotatable bonds is 2. The Kier molecular flexibility index (Phi) is 2.48. The highest BCUT2D eigenvalue weighted by atomic mass is 15.0. The van der Waals surface area contributed by atoms with E-state index in [4.69, 9.17) is 5.73 Å². The Morgan fingerprint density at radius 3 is 3.00 bits per heavy atom. The van der Waals surface area contributed by atoms with Crippen LogP contribution < -0.4 is 5.73 Å². The number of imidazole rings is 1. The van der Waals surface area contributed by atoms with Crippen molar-refractivity contribution in [3.63, 3.8) is 0 Å². The van der Waals surface area contributed by atoms with Crippen LogP contribution in [0.1, 0.15) is 12.5 Å². The van der Waals surface area contributed by atoms with Crippen LogP contribution in [0.3, 0.4) is 0 Å². The van der Waals surface area contributed by atoms with Crippen molar-refractivity contribution in [3.8, 4) is 11.1 Å². The fourth-order valence-corrected chi connectivity index (χ4v) is 2.13. The first kappa shape index (κ1) is 10.8. The number of aromatic nitrogens is 3. The van der Waals surface area contributed by atoms with Crippen molar-refractivity contribution in [2.75, 3.05) is 5.73 Å². The molecule has 0 saturated carbocycles. The van der Waals surface area contributed by atoms with E-state index < -0.39 is 0 Å². The lowest BCUT2D eigenvalue weighted by Crippen LogP contribution is -1.97. The maximum absolute atomic E-state index is 5.84. The van der Waals surface area contributed by atoms with Gasteiger partial charge in [0.1, 0.15) is 11.5 Å². The molecule has 0 aromatic carbocycles. The van der Waals surface area contributed by atoms with Gasteiger partial charge in [0.05, 0.1) is 0 Å². The lowest BCUT2D eigenvalue weighted by molar-refractivity contribution is 1.11. The fourth-order valence-electron chi connectivity index (χ4n) is 2.13. The summed E-state index contributed by atoms with van der Waals surface area (Å²) >= 11 is 0. The first-order valence-corrected chi connectivity index (χ1v) is 5.96. The van der Waals surface area contributed by atoms with E-state index in [0.717, 1.165) is 28.8 Å². The fraction of sp³-hybridized carbons (Fsp3) is 0.143. The summed E-state index contributed by atoms with van der Waals surface area (Å²) in [5, 5.41) is 0. The topological polar surface area (TPSA) is 56.2 Å². The minimum absolute atomic E-state index is 0.608. The molecule has 4 nitrogen and oxygen atoms in total. The number of fused-ring (bicyclic) bond motifs is 1. The zero-order valence-corrected chi connectivity index (χ0v) is 10.2. The van der Waals surface area contributed by atoms with E-state index in [9.17, 15) is 0 Å². The molecule has 0 radical (unpaired) electrons. The summed E-state index contributed by atoms with van der Waals surface area (Å²) in [4.78, 5) is 8.64. The summed E-state index contributed by atoms with van der Waals surface area (Å²) in [5.41, 5.74) is 9.97. The Labute approximate surface area is 105 Å². The van der Waals surface area contributed by atoms with Crippen molar-refractivity contribution in [1.29, 1.82) is 0 Å². The molecule has 0 aliphatic carbocycles. The molecule has 0 amide bonds. The second-order valence-corrected chi connectivity index (χ2v) is 4.20. The molecular weight excluding hydrogens is 224 g/mol. The monoisotopic (exact) mass is 238 g/mol. The third-order valence-electron chi connectivity index (χ3n) is 3.11. The second-order valence-electron chi connectivity index (χ2n) is 4.20. The highest BCUT2D eigenvalue weighted by Crippen LogP contribution is 2.25. The van der Waals surface area contributed by atoms with Gasteiger partial charge in [-0.1, -0.05) is 6.92 Å². The highest BCUT2D eigenvalue weighted by Gasteiger charge is 2.07. The van der Waals surface area contributed by atoms with Gasteiger partial charge in [0.15, 0.2) is 0 Å². The molecule has 3 rings (SSSR count). The summed E-state index contributed by atoms with van der Waals surface area (Å²) in [6, 6.07) is 6.15. The van der Waals surface area contributed by atoms with Gasteiger partial charge in [0, 0.05) is 35.9 Å². The third-order valence-corrected chi connectivity index (χ3v) is 3.11. The van der Waals surface area contributed by atoms with E-state index >= 15 is 0 Å². The van der Waals surface area contributed by atoms with Crippen LogP contribution in [-0.4, -0.2) is 14.4 Å². The van der Waals surface area contributed by atoms with E-state index in [1.807, 2.05) is 22.9 Å². The number of aryl methyl sites for hydroxylation is 1. The van der Waals surface area contributed by atoms with Gasteiger partial charge >= 0.3 is 0 Å². The van der Waals surface area contributed by atoms with E-state index in [1.165, 1.54) is 0 Å². The summed E-state index contributed by atoms with van der Waals surface area (Å²) in [6.07, 6.45) is 8.40. The number of anilines is 1. The van der Waals surface area contributed by atoms with Crippen molar-refractivity contribution in [2.45, 2.75) is 13.3 Å². The summed E-state index contributed by atoms with van der Waals surface area (Å²) in [6.45, 7) is 2.08. The van der Waals surface area contributed by atoms with Crippen molar-refractivity contribution in [3.05, 3.63) is 48.5 Å². The quantitative estimate of drug-likeness (QED) is 0.746. The first-order chi connectivity index (χ1) is 8.79. The lowest BCUT2D eigenvalue weighted by Gasteiger charge is -2.07. The molecule has 4 heteroatoms. The Morgan fingerprint density at radius 2 is 2.17 bits per heavy atom. The molecule has 90 valence electrons. The van der Waals surface area contributed by atoms with Crippen LogP contribution in [0.2, 0.25) is 0 Å². The van der Waals surface area contributed by atoms with E-state index in [0.29, 0.717) is 5.82 Å². The number of hydrogen-bond acceptors (Lipinski definition) is 3. The summed E-state index contributed by atoms with van der Waals surface area (Å²) < 4.78 is 2.00. The molecule has 3 aromatic rings. The zero-order valence-electron chi connectivity index (χ0n) is 10.2. The van der Waals surface area contributed by atoms with Crippen molar-refractivity contribution in [2.24, 2.45) is 0 Å². The Hall–Kier alpha value is -2.36. The van der Waals surface area contributed by atoms with Gasteiger partial charge in [0.2, 0.25) is 0 Å². The van der Waals surface area contributed by atoms with Crippen molar-refractivity contribution < 1.29 is 0 Å². The molecule has 0 spiro atoms. The third kappa shape index (κ3) is 1.62. The zero-order chi connectivity index (χ0) is 12.5. The lowest BCUT2D eigenvalue weighted by atomic mass is 10.1. The number of hydrogen-bond donors (Lipinski definition) is 1. The number of nitrogens with zero attached hydrogens (tertiary/aromatic N) is 3. The van der Waals surface area contributed by atoms with Gasteiger partial charge in [-0.3, -0.25) is 0 Å². The van der Waals surface area contributed by atoms with Gasteiger partial charge in [-0.05, 0) is 30.2 Å². The van der Waals surface area contributed by atoms with Crippen LogP contribution in [0.4, 0.5) is 5.82 Å².